The first kappa shape index (κ1) is 33.6. The molecular formula is C35H50N6O5. The first-order valence-corrected chi connectivity index (χ1v) is 16.7. The predicted octanol–water partition coefficient (Wildman–Crippen LogP) is 3.09. The quantitative estimate of drug-likeness (QED) is 0.414. The Morgan fingerprint density at radius 2 is 1.70 bits per heavy atom. The van der Waals surface area contributed by atoms with Gasteiger partial charge in [0.15, 0.2) is 0 Å². The van der Waals surface area contributed by atoms with E-state index in [1.807, 2.05) is 58.0 Å². The summed E-state index contributed by atoms with van der Waals surface area (Å²) >= 11 is 0. The third-order valence-corrected chi connectivity index (χ3v) is 9.88. The number of benzene rings is 1. The molecule has 3 aliphatic rings. The molecule has 11 nitrogen and oxygen atoms in total. The normalized spacial score (nSPS) is 21.0. The van der Waals surface area contributed by atoms with Crippen LogP contribution in [0, 0.1) is 22.7 Å². The van der Waals surface area contributed by atoms with Gasteiger partial charge in [0.05, 0.1) is 30.3 Å². The zero-order valence-electron chi connectivity index (χ0n) is 28.0. The van der Waals surface area contributed by atoms with Crippen LogP contribution in [0.1, 0.15) is 75.7 Å². The van der Waals surface area contributed by atoms with Crippen LogP contribution in [0.25, 0.3) is 0 Å². The Kier molecular flexibility index (Phi) is 10.2. The van der Waals surface area contributed by atoms with Crippen LogP contribution in [0.2, 0.25) is 0 Å². The number of hydrogen-bond donors (Lipinski definition) is 2. The van der Waals surface area contributed by atoms with Crippen LogP contribution >= 0.6 is 0 Å². The largest absolute Gasteiger partial charge is 0.376 e. The molecule has 1 spiro atoms. The van der Waals surface area contributed by atoms with Crippen molar-refractivity contribution in [1.82, 2.24) is 30.2 Å². The van der Waals surface area contributed by atoms with Gasteiger partial charge in [-0.15, -0.1) is 0 Å². The number of likely N-dealkylation sites (N-methyl/N-ethyl adjacent to an activating group) is 1. The summed E-state index contributed by atoms with van der Waals surface area (Å²) < 4.78 is 7.90. The molecule has 1 aromatic heterocycles. The minimum atomic E-state index is -0.883. The summed E-state index contributed by atoms with van der Waals surface area (Å²) in [5, 5.41) is 10.1. The van der Waals surface area contributed by atoms with Crippen molar-refractivity contribution in [2.24, 2.45) is 22.7 Å². The first-order chi connectivity index (χ1) is 21.9. The molecule has 2 aliphatic heterocycles. The van der Waals surface area contributed by atoms with E-state index in [1.165, 1.54) is 19.3 Å². The van der Waals surface area contributed by atoms with Crippen LogP contribution in [-0.2, 0) is 25.7 Å². The number of rotatable bonds is 10. The highest BCUT2D eigenvalue weighted by molar-refractivity contribution is 5.95. The zero-order chi connectivity index (χ0) is 33.1. The fourth-order valence-electron chi connectivity index (χ4n) is 7.19. The average molecular weight is 635 g/mol. The van der Waals surface area contributed by atoms with Crippen LogP contribution in [0.4, 0.5) is 0 Å². The Morgan fingerprint density at radius 3 is 2.35 bits per heavy atom. The Morgan fingerprint density at radius 1 is 1.02 bits per heavy atom. The Balaban J connectivity index is 1.31. The van der Waals surface area contributed by atoms with Crippen molar-refractivity contribution in [2.45, 2.75) is 78.5 Å². The van der Waals surface area contributed by atoms with Gasteiger partial charge in [-0.2, -0.15) is 5.10 Å². The summed E-state index contributed by atoms with van der Waals surface area (Å²) in [6.07, 6.45) is 8.64. The summed E-state index contributed by atoms with van der Waals surface area (Å²) in [4.78, 5) is 57.5. The van der Waals surface area contributed by atoms with Crippen molar-refractivity contribution in [2.75, 3.05) is 39.8 Å². The number of nitrogens with one attached hydrogen (secondary N) is 2. The fraction of sp³-hybridized carbons (Fsp3) is 0.629. The van der Waals surface area contributed by atoms with Crippen molar-refractivity contribution >= 4 is 23.6 Å². The number of amides is 4. The molecule has 46 heavy (non-hydrogen) atoms. The second-order valence-electron chi connectivity index (χ2n) is 14.6. The minimum Gasteiger partial charge on any atom is -0.376 e. The van der Waals surface area contributed by atoms with Gasteiger partial charge in [0, 0.05) is 56.9 Å². The van der Waals surface area contributed by atoms with Gasteiger partial charge < -0.3 is 25.2 Å². The molecule has 2 aromatic rings. The summed E-state index contributed by atoms with van der Waals surface area (Å²) in [5.74, 6) is -0.960. The van der Waals surface area contributed by atoms with Crippen molar-refractivity contribution in [3.8, 4) is 0 Å². The lowest BCUT2D eigenvalue weighted by Crippen LogP contribution is -2.66. The third kappa shape index (κ3) is 7.45. The number of hydrogen-bond acceptors (Lipinski definition) is 6. The lowest BCUT2D eigenvalue weighted by Gasteiger charge is -2.52. The van der Waals surface area contributed by atoms with Gasteiger partial charge in [0.2, 0.25) is 17.7 Å². The van der Waals surface area contributed by atoms with Gasteiger partial charge in [-0.05, 0) is 31.2 Å². The number of carbonyl (C=O) groups excluding carboxylic acids is 4. The lowest BCUT2D eigenvalue weighted by molar-refractivity contribution is -0.157. The van der Waals surface area contributed by atoms with E-state index in [1.54, 1.807) is 33.9 Å². The maximum absolute atomic E-state index is 14.1. The molecule has 1 aromatic carbocycles. The van der Waals surface area contributed by atoms with E-state index < -0.39 is 28.9 Å². The zero-order valence-corrected chi connectivity index (χ0v) is 28.0. The third-order valence-electron chi connectivity index (χ3n) is 9.88. The van der Waals surface area contributed by atoms with Gasteiger partial charge in [0.25, 0.3) is 5.91 Å². The first-order valence-electron chi connectivity index (χ1n) is 16.7. The Hall–Kier alpha value is -3.73. The number of likely N-dealkylation sites (tertiary alicyclic amines) is 2. The highest BCUT2D eigenvalue weighted by atomic mass is 16.5. The number of ether oxygens (including phenoxy) is 1. The van der Waals surface area contributed by atoms with E-state index >= 15 is 0 Å². The van der Waals surface area contributed by atoms with Crippen LogP contribution in [0.3, 0.4) is 0 Å². The van der Waals surface area contributed by atoms with Crippen molar-refractivity contribution in [1.29, 1.82) is 0 Å². The van der Waals surface area contributed by atoms with Crippen molar-refractivity contribution in [3.05, 3.63) is 53.9 Å². The molecule has 4 amide bonds. The van der Waals surface area contributed by atoms with Gasteiger partial charge in [0.1, 0.15) is 6.04 Å². The monoisotopic (exact) mass is 634 g/mol. The van der Waals surface area contributed by atoms with E-state index in [-0.39, 0.29) is 30.2 Å². The highest BCUT2D eigenvalue weighted by Crippen LogP contribution is 2.46. The fourth-order valence-corrected chi connectivity index (χ4v) is 7.19. The highest BCUT2D eigenvalue weighted by Gasteiger charge is 2.59. The molecule has 0 radical (unpaired) electrons. The molecule has 1 saturated carbocycles. The van der Waals surface area contributed by atoms with Crippen molar-refractivity contribution in [3.63, 3.8) is 0 Å². The molecule has 0 unspecified atom stereocenters. The molecule has 11 heteroatoms. The average Bonchev–Trinajstić information content (AvgIpc) is 3.67. The molecule has 0 bridgehead atoms. The maximum Gasteiger partial charge on any atom is 0.257 e. The molecule has 3 fully saturated rings. The molecule has 5 rings (SSSR count). The summed E-state index contributed by atoms with van der Waals surface area (Å²) in [5.41, 5.74) is 0.347. The van der Waals surface area contributed by atoms with E-state index in [4.69, 9.17) is 4.74 Å². The molecule has 3 atom stereocenters. The molecule has 1 aliphatic carbocycles. The second kappa shape index (κ2) is 13.9. The van der Waals surface area contributed by atoms with Gasteiger partial charge in [-0.1, -0.05) is 70.4 Å². The minimum absolute atomic E-state index is 0.0113. The van der Waals surface area contributed by atoms with Gasteiger partial charge >= 0.3 is 0 Å². The molecule has 250 valence electrons. The Bertz CT molecular complexity index is 1390. The van der Waals surface area contributed by atoms with Gasteiger partial charge in [-0.3, -0.25) is 23.9 Å². The number of nitrogens with zero attached hydrogens (tertiary/aromatic N) is 4. The van der Waals surface area contributed by atoms with Gasteiger partial charge in [-0.25, -0.2) is 0 Å². The molecular weight excluding hydrogens is 584 g/mol. The van der Waals surface area contributed by atoms with E-state index in [9.17, 15) is 19.2 Å². The van der Waals surface area contributed by atoms with Crippen LogP contribution < -0.4 is 10.6 Å². The lowest BCUT2D eigenvalue weighted by atomic mass is 9.70. The van der Waals surface area contributed by atoms with E-state index in [0.717, 1.165) is 18.4 Å². The maximum atomic E-state index is 14.1. The summed E-state index contributed by atoms with van der Waals surface area (Å²) in [7, 11) is 1.55. The molecule has 2 saturated heterocycles. The number of aromatic nitrogens is 2. The smallest absolute Gasteiger partial charge is 0.257 e. The topological polar surface area (TPSA) is 126 Å². The number of carbonyl (C=O) groups is 4. The second-order valence-corrected chi connectivity index (χ2v) is 14.6. The van der Waals surface area contributed by atoms with Crippen LogP contribution in [0.15, 0.2) is 42.7 Å². The standard InChI is InChI=1S/C35H50N6O5/c1-24(46-20-26-14-10-7-11-15-26)29(31(43)36-5)38-30(42)28-19-39(21-35(28)22-40(23-35)33(45)34(2,3)4)32(44)27-16-37-41(18-27)17-25-12-8-6-9-13-25/h6,8-9,12-13,16,18,24,26,28-29H,7,10-11,14-15,17,19-23H2,1-5H3,(H,36,43)(H,38,42)/t24-,28-,29+/m1/s1. The van der Waals surface area contributed by atoms with Crippen LogP contribution in [-0.4, -0.2) is 95.2 Å². The summed E-state index contributed by atoms with van der Waals surface area (Å²) in [6.45, 7) is 9.82. The Labute approximate surface area is 272 Å². The predicted molar refractivity (Wildman–Crippen MR) is 174 cm³/mol. The van der Waals surface area contributed by atoms with E-state index in [2.05, 4.69) is 15.7 Å². The molecule has 3 heterocycles. The van der Waals surface area contributed by atoms with E-state index in [0.29, 0.717) is 44.3 Å². The van der Waals surface area contributed by atoms with Crippen molar-refractivity contribution < 1.29 is 23.9 Å². The molecule has 2 N–H and O–H groups in total. The summed E-state index contributed by atoms with van der Waals surface area (Å²) in [6, 6.07) is 9.01. The SMILES string of the molecule is CNC(=O)[C@@H](NC(=O)[C@H]1CN(C(=O)c2cnn(Cc3ccccc3)c2)CC12CN(C(=O)C(C)(C)C)C2)[C@@H](C)OCC1CCCCC1. The van der Waals surface area contributed by atoms with Crippen LogP contribution in [0.5, 0.6) is 0 Å².